The van der Waals surface area contributed by atoms with E-state index in [1.54, 1.807) is 12.4 Å². The monoisotopic (exact) mass is 417 g/mol. The molecule has 4 aliphatic carbocycles. The molecule has 1 aromatic heterocycles. The van der Waals surface area contributed by atoms with Gasteiger partial charge in [-0.25, -0.2) is 4.98 Å². The summed E-state index contributed by atoms with van der Waals surface area (Å²) in [6.45, 7) is 4.89. The summed E-state index contributed by atoms with van der Waals surface area (Å²) in [7, 11) is 0. The molecule has 162 valence electrons. The van der Waals surface area contributed by atoms with Crippen molar-refractivity contribution in [3.05, 3.63) is 47.0 Å². The molecule has 4 aliphatic rings. The van der Waals surface area contributed by atoms with Crippen molar-refractivity contribution in [2.75, 3.05) is 4.90 Å². The van der Waals surface area contributed by atoms with Crippen LogP contribution in [0, 0.1) is 11.3 Å². The van der Waals surface area contributed by atoms with Gasteiger partial charge in [-0.05, 0) is 85.5 Å². The smallest absolute Gasteiger partial charge is 0.362 e. The average Bonchev–Trinajstić information content (AvgIpc) is 3.35. The van der Waals surface area contributed by atoms with Crippen LogP contribution in [-0.4, -0.2) is 16.0 Å². The molecule has 6 heteroatoms. The van der Waals surface area contributed by atoms with Crippen molar-refractivity contribution in [1.82, 2.24) is 9.97 Å². The number of nitrogens with zero attached hydrogens (tertiary/aromatic N) is 2. The first-order valence-electron chi connectivity index (χ1n) is 11.3. The predicted molar refractivity (Wildman–Crippen MR) is 111 cm³/mol. The van der Waals surface area contributed by atoms with Gasteiger partial charge in [-0.1, -0.05) is 13.8 Å². The van der Waals surface area contributed by atoms with Crippen LogP contribution >= 0.6 is 0 Å². The van der Waals surface area contributed by atoms with Crippen LogP contribution in [0.4, 0.5) is 18.9 Å². The minimum Gasteiger partial charge on any atom is -0.362 e. The minimum atomic E-state index is -4.30. The molecule has 4 fully saturated rings. The number of aromatic amines is 1. The SMILES string of the molecule is CCc1c(N(Cc2cnc[nH]2)C(CC)C23CC(C2)C3)ccc(C(F)(F)F)c1C1CC1. The first-order chi connectivity index (χ1) is 14.4. The summed E-state index contributed by atoms with van der Waals surface area (Å²) in [6.07, 6.45) is 6.37. The Hall–Kier alpha value is -1.98. The van der Waals surface area contributed by atoms with Gasteiger partial charge in [-0.15, -0.1) is 0 Å². The Bertz CT molecular complexity index is 897. The van der Waals surface area contributed by atoms with E-state index in [4.69, 9.17) is 0 Å². The molecule has 0 spiro atoms. The number of aromatic nitrogens is 2. The Morgan fingerprint density at radius 3 is 2.40 bits per heavy atom. The van der Waals surface area contributed by atoms with Crippen LogP contribution in [0.3, 0.4) is 0 Å². The Morgan fingerprint density at radius 1 is 1.20 bits per heavy atom. The molecule has 0 amide bonds. The van der Waals surface area contributed by atoms with Crippen LogP contribution in [-0.2, 0) is 19.1 Å². The number of halogens is 3. The Balaban J connectivity index is 1.62. The van der Waals surface area contributed by atoms with Gasteiger partial charge in [0.05, 0.1) is 24.1 Å². The van der Waals surface area contributed by atoms with Crippen LogP contribution in [0.1, 0.15) is 80.7 Å². The zero-order chi connectivity index (χ0) is 21.1. The third-order valence-electron chi connectivity index (χ3n) is 7.74. The highest BCUT2D eigenvalue weighted by Crippen LogP contribution is 2.68. The number of anilines is 1. The van der Waals surface area contributed by atoms with Crippen LogP contribution in [0.2, 0.25) is 0 Å². The van der Waals surface area contributed by atoms with Gasteiger partial charge in [0.1, 0.15) is 0 Å². The Labute approximate surface area is 176 Å². The number of rotatable bonds is 8. The first-order valence-corrected chi connectivity index (χ1v) is 11.3. The highest BCUT2D eigenvalue weighted by atomic mass is 19.4. The molecule has 1 atom stereocenters. The van der Waals surface area contributed by atoms with E-state index in [-0.39, 0.29) is 5.92 Å². The molecule has 2 aromatic rings. The second kappa shape index (κ2) is 7.03. The number of alkyl halides is 3. The lowest BCUT2D eigenvalue weighted by Crippen LogP contribution is -2.63. The second-order valence-corrected chi connectivity index (χ2v) is 9.62. The summed E-state index contributed by atoms with van der Waals surface area (Å²) in [5.74, 6) is 0.925. The summed E-state index contributed by atoms with van der Waals surface area (Å²) >= 11 is 0. The van der Waals surface area contributed by atoms with Gasteiger partial charge in [-0.3, -0.25) is 0 Å². The van der Waals surface area contributed by atoms with Crippen molar-refractivity contribution in [3.63, 3.8) is 0 Å². The number of H-pyrrole nitrogens is 1. The number of hydrogen-bond acceptors (Lipinski definition) is 2. The van der Waals surface area contributed by atoms with Gasteiger partial charge in [0.15, 0.2) is 0 Å². The molecule has 6 rings (SSSR count). The van der Waals surface area contributed by atoms with E-state index < -0.39 is 11.7 Å². The van der Waals surface area contributed by atoms with E-state index in [1.165, 1.54) is 25.3 Å². The predicted octanol–water partition coefficient (Wildman–Crippen LogP) is 6.45. The molecule has 3 nitrogen and oxygen atoms in total. The normalized spacial score (nSPS) is 26.1. The zero-order valence-corrected chi connectivity index (χ0v) is 17.7. The number of imidazole rings is 1. The minimum absolute atomic E-state index is 0.0561. The molecule has 0 radical (unpaired) electrons. The maximum Gasteiger partial charge on any atom is 0.416 e. The Kier molecular flexibility index (Phi) is 4.67. The van der Waals surface area contributed by atoms with Gasteiger partial charge in [0.25, 0.3) is 0 Å². The lowest BCUT2D eigenvalue weighted by atomic mass is 9.41. The van der Waals surface area contributed by atoms with E-state index >= 15 is 0 Å². The van der Waals surface area contributed by atoms with Crippen molar-refractivity contribution in [1.29, 1.82) is 0 Å². The maximum atomic E-state index is 13.8. The highest BCUT2D eigenvalue weighted by molar-refractivity contribution is 5.62. The van der Waals surface area contributed by atoms with Crippen molar-refractivity contribution in [2.45, 2.75) is 83.5 Å². The zero-order valence-electron chi connectivity index (χ0n) is 17.7. The van der Waals surface area contributed by atoms with Crippen LogP contribution in [0.15, 0.2) is 24.7 Å². The van der Waals surface area contributed by atoms with Gasteiger partial charge in [0, 0.05) is 17.9 Å². The molecule has 30 heavy (non-hydrogen) atoms. The Morgan fingerprint density at radius 2 is 1.93 bits per heavy atom. The number of hydrogen-bond donors (Lipinski definition) is 1. The van der Waals surface area contributed by atoms with Gasteiger partial charge in [0.2, 0.25) is 0 Å². The standard InChI is InChI=1S/C24H30F3N3/c1-3-18-20(8-7-19(24(25,26)27)22(18)16-5-6-16)30(13-17-12-28-14-29-17)21(4-2)23-9-15(10-23)11-23/h7-8,12,14-16,21H,3-6,9-11,13H2,1-2H3,(H,28,29). The lowest BCUT2D eigenvalue weighted by Gasteiger charge is -2.67. The second-order valence-electron chi connectivity index (χ2n) is 9.62. The lowest BCUT2D eigenvalue weighted by molar-refractivity contribution is -0.138. The fourth-order valence-electron chi connectivity index (χ4n) is 6.23. The summed E-state index contributed by atoms with van der Waals surface area (Å²) < 4.78 is 41.5. The number of nitrogens with one attached hydrogen (secondary N) is 1. The quantitative estimate of drug-likeness (QED) is 0.535. The van der Waals surface area contributed by atoms with Crippen LogP contribution in [0.5, 0.6) is 0 Å². The average molecular weight is 418 g/mol. The molecule has 2 bridgehead atoms. The largest absolute Gasteiger partial charge is 0.416 e. The molecule has 0 saturated heterocycles. The summed E-state index contributed by atoms with van der Waals surface area (Å²) in [6, 6.07) is 3.44. The van der Waals surface area contributed by atoms with Crippen LogP contribution in [0.25, 0.3) is 0 Å². The van der Waals surface area contributed by atoms with E-state index in [2.05, 4.69) is 21.8 Å². The third-order valence-corrected chi connectivity index (χ3v) is 7.74. The van der Waals surface area contributed by atoms with Gasteiger partial charge in [-0.2, -0.15) is 13.2 Å². The van der Waals surface area contributed by atoms with E-state index in [1.807, 2.05) is 13.1 Å². The van der Waals surface area contributed by atoms with E-state index in [0.717, 1.165) is 42.1 Å². The van der Waals surface area contributed by atoms with Gasteiger partial charge >= 0.3 is 6.18 Å². The summed E-state index contributed by atoms with van der Waals surface area (Å²) in [5.41, 5.74) is 3.38. The fraction of sp³-hybridized carbons (Fsp3) is 0.625. The molecule has 1 unspecified atom stereocenters. The molecule has 1 aromatic carbocycles. The first kappa shape index (κ1) is 20.0. The van der Waals surface area contributed by atoms with E-state index in [0.29, 0.717) is 30.0 Å². The van der Waals surface area contributed by atoms with Crippen molar-refractivity contribution in [2.24, 2.45) is 11.3 Å². The molecule has 1 heterocycles. The van der Waals surface area contributed by atoms with Gasteiger partial charge < -0.3 is 9.88 Å². The topological polar surface area (TPSA) is 31.9 Å². The molecule has 4 saturated carbocycles. The van der Waals surface area contributed by atoms with Crippen molar-refractivity contribution in [3.8, 4) is 0 Å². The van der Waals surface area contributed by atoms with Crippen molar-refractivity contribution >= 4 is 5.69 Å². The molecule has 0 aliphatic heterocycles. The van der Waals surface area contributed by atoms with E-state index in [9.17, 15) is 13.2 Å². The number of benzene rings is 1. The maximum absolute atomic E-state index is 13.8. The fourth-order valence-corrected chi connectivity index (χ4v) is 6.23. The molecule has 1 N–H and O–H groups in total. The summed E-state index contributed by atoms with van der Waals surface area (Å²) in [5, 5.41) is 0. The van der Waals surface area contributed by atoms with Crippen molar-refractivity contribution < 1.29 is 13.2 Å². The molecular weight excluding hydrogens is 387 g/mol. The molecular formula is C24H30F3N3. The van der Waals surface area contributed by atoms with Crippen LogP contribution < -0.4 is 4.90 Å². The highest BCUT2D eigenvalue weighted by Gasteiger charge is 2.61. The summed E-state index contributed by atoms with van der Waals surface area (Å²) in [4.78, 5) is 9.79. The third kappa shape index (κ3) is 3.14.